The van der Waals surface area contributed by atoms with E-state index in [9.17, 15) is 18.3 Å². The normalized spacial score (nSPS) is 15.5. The molecule has 0 spiro atoms. The van der Waals surface area contributed by atoms with Gasteiger partial charge in [-0.15, -0.1) is 11.3 Å². The van der Waals surface area contributed by atoms with Gasteiger partial charge < -0.3 is 5.11 Å². The van der Waals surface area contributed by atoms with Gasteiger partial charge in [-0.25, -0.2) is 0 Å². The highest BCUT2D eigenvalue weighted by molar-refractivity contribution is 7.10. The number of aromatic nitrogens is 1. The van der Waals surface area contributed by atoms with Crippen LogP contribution >= 0.6 is 11.3 Å². The summed E-state index contributed by atoms with van der Waals surface area (Å²) in [5.41, 5.74) is -3.46. The molecule has 0 aliphatic rings. The SMILES string of the molecule is OC(c1ccccn1)(c1cccs1)C(F)(F)F. The van der Waals surface area contributed by atoms with E-state index in [-0.39, 0.29) is 4.88 Å². The Morgan fingerprint density at radius 1 is 1.12 bits per heavy atom. The van der Waals surface area contributed by atoms with Crippen molar-refractivity contribution in [2.24, 2.45) is 0 Å². The van der Waals surface area contributed by atoms with Gasteiger partial charge >= 0.3 is 6.18 Å². The number of hydrogen-bond donors (Lipinski definition) is 1. The largest absolute Gasteiger partial charge is 0.428 e. The van der Waals surface area contributed by atoms with Crippen LogP contribution in [0, 0.1) is 0 Å². The van der Waals surface area contributed by atoms with Crippen LogP contribution in [0.1, 0.15) is 10.6 Å². The van der Waals surface area contributed by atoms with Gasteiger partial charge in [0.05, 0.1) is 10.6 Å². The first kappa shape index (κ1) is 12.1. The maximum Gasteiger partial charge on any atom is 0.428 e. The molecule has 2 heterocycles. The van der Waals surface area contributed by atoms with Crippen molar-refractivity contribution in [3.63, 3.8) is 0 Å². The monoisotopic (exact) mass is 259 g/mol. The first-order chi connectivity index (χ1) is 7.96. The molecule has 90 valence electrons. The van der Waals surface area contributed by atoms with E-state index in [1.165, 1.54) is 35.8 Å². The van der Waals surface area contributed by atoms with Crippen LogP contribution in [0.25, 0.3) is 0 Å². The Morgan fingerprint density at radius 2 is 1.88 bits per heavy atom. The van der Waals surface area contributed by atoms with Crippen LogP contribution < -0.4 is 0 Å². The molecule has 2 rings (SSSR count). The molecule has 0 aliphatic carbocycles. The molecule has 2 nitrogen and oxygen atoms in total. The zero-order valence-electron chi connectivity index (χ0n) is 8.48. The van der Waals surface area contributed by atoms with Crippen LogP contribution in [0.3, 0.4) is 0 Å². The maximum absolute atomic E-state index is 13.1. The lowest BCUT2D eigenvalue weighted by atomic mass is 9.96. The molecular formula is C11H8F3NOS. The van der Waals surface area contributed by atoms with Crippen LogP contribution in [-0.4, -0.2) is 16.3 Å². The summed E-state index contributed by atoms with van der Waals surface area (Å²) in [6, 6.07) is 6.76. The third-order valence-corrected chi connectivity index (χ3v) is 3.30. The van der Waals surface area contributed by atoms with Crippen LogP contribution in [0.2, 0.25) is 0 Å². The summed E-state index contributed by atoms with van der Waals surface area (Å²) in [7, 11) is 0. The fourth-order valence-electron chi connectivity index (χ4n) is 1.47. The van der Waals surface area contributed by atoms with Crippen molar-refractivity contribution in [1.82, 2.24) is 4.98 Å². The second-order valence-corrected chi connectivity index (χ2v) is 4.35. The molecule has 0 fully saturated rings. The Kier molecular flexibility index (Phi) is 2.92. The fraction of sp³-hybridized carbons (Fsp3) is 0.182. The Hall–Kier alpha value is -1.40. The Morgan fingerprint density at radius 3 is 2.35 bits per heavy atom. The quantitative estimate of drug-likeness (QED) is 0.899. The molecule has 0 aliphatic heterocycles. The summed E-state index contributed by atoms with van der Waals surface area (Å²) >= 11 is 0.842. The molecule has 0 amide bonds. The molecule has 0 radical (unpaired) electrons. The summed E-state index contributed by atoms with van der Waals surface area (Å²) < 4.78 is 39.2. The fourth-order valence-corrected chi connectivity index (χ4v) is 2.32. The van der Waals surface area contributed by atoms with E-state index in [4.69, 9.17) is 0 Å². The predicted octanol–water partition coefficient (Wildman–Crippen LogP) is 2.94. The molecule has 0 saturated heterocycles. The van der Waals surface area contributed by atoms with Gasteiger partial charge in [0.25, 0.3) is 0 Å². The van der Waals surface area contributed by atoms with Crippen molar-refractivity contribution < 1.29 is 18.3 Å². The third-order valence-electron chi connectivity index (χ3n) is 2.32. The lowest BCUT2D eigenvalue weighted by molar-refractivity contribution is -0.248. The topological polar surface area (TPSA) is 33.1 Å². The standard InChI is InChI=1S/C11H8F3NOS/c12-11(13,14)10(16,9-5-3-7-17-9)8-4-1-2-6-15-8/h1-7,16H. The van der Waals surface area contributed by atoms with Gasteiger partial charge in [-0.3, -0.25) is 4.98 Å². The lowest BCUT2D eigenvalue weighted by Gasteiger charge is -2.28. The average Bonchev–Trinajstić information content (AvgIpc) is 2.81. The Bertz CT molecular complexity index is 483. The maximum atomic E-state index is 13.1. The van der Waals surface area contributed by atoms with E-state index in [1.54, 1.807) is 0 Å². The number of thiophene rings is 1. The second kappa shape index (κ2) is 4.12. The molecule has 1 atom stereocenters. The van der Waals surface area contributed by atoms with Gasteiger partial charge in [-0.2, -0.15) is 13.2 Å². The zero-order valence-corrected chi connectivity index (χ0v) is 9.29. The highest BCUT2D eigenvalue weighted by Crippen LogP contribution is 2.44. The highest BCUT2D eigenvalue weighted by atomic mass is 32.1. The zero-order chi connectivity index (χ0) is 12.5. The first-order valence-electron chi connectivity index (χ1n) is 4.71. The summed E-state index contributed by atoms with van der Waals surface area (Å²) in [6.45, 7) is 0. The van der Waals surface area contributed by atoms with Crippen molar-refractivity contribution >= 4 is 11.3 Å². The first-order valence-corrected chi connectivity index (χ1v) is 5.59. The summed E-state index contributed by atoms with van der Waals surface area (Å²) in [5.74, 6) is 0. The minimum atomic E-state index is -4.81. The number of halogens is 3. The van der Waals surface area contributed by atoms with E-state index in [1.807, 2.05) is 0 Å². The number of alkyl halides is 3. The molecule has 1 unspecified atom stereocenters. The van der Waals surface area contributed by atoms with E-state index >= 15 is 0 Å². The summed E-state index contributed by atoms with van der Waals surface area (Å²) in [4.78, 5) is 3.42. The molecule has 1 N–H and O–H groups in total. The van der Waals surface area contributed by atoms with E-state index in [0.717, 1.165) is 17.4 Å². The van der Waals surface area contributed by atoms with Gasteiger partial charge in [-0.05, 0) is 23.6 Å². The van der Waals surface area contributed by atoms with E-state index in [2.05, 4.69) is 4.98 Å². The van der Waals surface area contributed by atoms with Crippen LogP contribution in [-0.2, 0) is 5.60 Å². The molecule has 6 heteroatoms. The van der Waals surface area contributed by atoms with Crippen molar-refractivity contribution in [3.05, 3.63) is 52.5 Å². The van der Waals surface area contributed by atoms with E-state index in [0.29, 0.717) is 0 Å². The molecule has 17 heavy (non-hydrogen) atoms. The predicted molar refractivity (Wildman–Crippen MR) is 57.6 cm³/mol. The number of rotatable bonds is 2. The number of hydrogen-bond acceptors (Lipinski definition) is 3. The van der Waals surface area contributed by atoms with Crippen LogP contribution in [0.4, 0.5) is 13.2 Å². The summed E-state index contributed by atoms with van der Waals surface area (Å²) in [6.07, 6.45) is -3.59. The third kappa shape index (κ3) is 1.94. The molecule has 0 bridgehead atoms. The molecule has 0 saturated carbocycles. The highest BCUT2D eigenvalue weighted by Gasteiger charge is 2.58. The lowest BCUT2D eigenvalue weighted by Crippen LogP contribution is -2.43. The van der Waals surface area contributed by atoms with Gasteiger partial charge in [0, 0.05) is 6.20 Å². The van der Waals surface area contributed by atoms with Crippen molar-refractivity contribution in [3.8, 4) is 0 Å². The molecule has 0 aromatic carbocycles. The Balaban J connectivity index is 2.61. The number of aliphatic hydroxyl groups is 1. The molecular weight excluding hydrogens is 251 g/mol. The van der Waals surface area contributed by atoms with Crippen LogP contribution in [0.15, 0.2) is 41.9 Å². The minimum absolute atomic E-state index is 0.191. The van der Waals surface area contributed by atoms with Crippen molar-refractivity contribution in [2.45, 2.75) is 11.8 Å². The molecule has 2 aromatic heterocycles. The van der Waals surface area contributed by atoms with Gasteiger partial charge in [0.1, 0.15) is 0 Å². The Labute approximate surface area is 99.4 Å². The van der Waals surface area contributed by atoms with Crippen molar-refractivity contribution in [2.75, 3.05) is 0 Å². The van der Waals surface area contributed by atoms with Gasteiger partial charge in [0.15, 0.2) is 0 Å². The van der Waals surface area contributed by atoms with Gasteiger partial charge in [0.2, 0.25) is 5.60 Å². The van der Waals surface area contributed by atoms with E-state index < -0.39 is 17.5 Å². The number of nitrogens with zero attached hydrogens (tertiary/aromatic N) is 1. The smallest absolute Gasteiger partial charge is 0.370 e. The average molecular weight is 259 g/mol. The minimum Gasteiger partial charge on any atom is -0.370 e. The molecule has 2 aromatic rings. The second-order valence-electron chi connectivity index (χ2n) is 3.40. The van der Waals surface area contributed by atoms with Crippen molar-refractivity contribution in [1.29, 1.82) is 0 Å². The number of pyridine rings is 1. The van der Waals surface area contributed by atoms with Gasteiger partial charge in [-0.1, -0.05) is 12.1 Å². The van der Waals surface area contributed by atoms with Crippen LogP contribution in [0.5, 0.6) is 0 Å². The summed E-state index contributed by atoms with van der Waals surface area (Å²) in [5, 5.41) is 11.5.